The van der Waals surface area contributed by atoms with Gasteiger partial charge in [-0.05, 0) is 52.6 Å². The van der Waals surface area contributed by atoms with Crippen molar-refractivity contribution in [2.75, 3.05) is 40.3 Å². The van der Waals surface area contributed by atoms with Gasteiger partial charge < -0.3 is 24.8 Å². The average molecular weight is 533 g/mol. The number of carbonyl (C=O) groups excluding carboxylic acids is 1. The Kier molecular flexibility index (Phi) is 8.32. The molecular weight excluding hydrogens is 500 g/mol. The van der Waals surface area contributed by atoms with Gasteiger partial charge in [0.15, 0.2) is 5.96 Å². The van der Waals surface area contributed by atoms with E-state index in [1.54, 1.807) is 11.0 Å². The van der Waals surface area contributed by atoms with E-state index in [9.17, 15) is 9.18 Å². The first-order valence-electron chi connectivity index (χ1n) is 10.1. The highest BCUT2D eigenvalue weighted by molar-refractivity contribution is 14.0. The number of ether oxygens (including phenoxy) is 1. The van der Waals surface area contributed by atoms with Gasteiger partial charge in [0.1, 0.15) is 11.4 Å². The molecule has 1 unspecified atom stereocenters. The monoisotopic (exact) mass is 533 g/mol. The molecule has 3 rings (SSSR count). The van der Waals surface area contributed by atoms with Crippen molar-refractivity contribution < 1.29 is 13.9 Å². The largest absolute Gasteiger partial charge is 0.444 e. The summed E-state index contributed by atoms with van der Waals surface area (Å²) in [4.78, 5) is 22.9. The summed E-state index contributed by atoms with van der Waals surface area (Å²) in [5.74, 6) is 0.663. The smallest absolute Gasteiger partial charge is 0.410 e. The molecule has 2 heterocycles. The number of halogens is 2. The number of guanidine groups is 1. The number of carbonyl (C=O) groups is 1. The minimum atomic E-state index is -0.492. The van der Waals surface area contributed by atoms with E-state index in [4.69, 9.17) is 4.74 Å². The Balaban J connectivity index is 0.00000320. The third-order valence-electron chi connectivity index (χ3n) is 4.91. The maximum atomic E-state index is 14.0. The van der Waals surface area contributed by atoms with Gasteiger partial charge in [0.05, 0.1) is 12.6 Å². The summed E-state index contributed by atoms with van der Waals surface area (Å²) in [5.41, 5.74) is 1.21. The van der Waals surface area contributed by atoms with Crippen LogP contribution in [-0.2, 0) is 17.8 Å². The van der Waals surface area contributed by atoms with Crippen molar-refractivity contribution in [3.8, 4) is 0 Å². The van der Waals surface area contributed by atoms with Crippen LogP contribution in [0.2, 0.25) is 0 Å². The number of rotatable bonds is 4. The van der Waals surface area contributed by atoms with Crippen molar-refractivity contribution in [1.82, 2.24) is 20.0 Å². The maximum Gasteiger partial charge on any atom is 0.410 e. The van der Waals surface area contributed by atoms with Crippen LogP contribution in [0.25, 0.3) is 0 Å². The molecule has 2 aliphatic rings. The summed E-state index contributed by atoms with van der Waals surface area (Å²) < 4.78 is 19.5. The summed E-state index contributed by atoms with van der Waals surface area (Å²) in [7, 11) is 3.85. The van der Waals surface area contributed by atoms with Gasteiger partial charge in [0, 0.05) is 38.3 Å². The van der Waals surface area contributed by atoms with Gasteiger partial charge in [-0.3, -0.25) is 4.99 Å². The average Bonchev–Trinajstić information content (AvgIpc) is 3.03. The summed E-state index contributed by atoms with van der Waals surface area (Å²) in [5, 5.41) is 3.38. The van der Waals surface area contributed by atoms with Crippen molar-refractivity contribution >= 4 is 36.0 Å². The van der Waals surface area contributed by atoms with Crippen LogP contribution in [-0.4, -0.2) is 78.7 Å². The van der Waals surface area contributed by atoms with Crippen LogP contribution in [0.3, 0.4) is 0 Å². The molecule has 0 aromatic heterocycles. The summed E-state index contributed by atoms with van der Waals surface area (Å²) in [6.07, 6.45) is -0.265. The number of amides is 1. The molecule has 1 atom stereocenters. The third-order valence-corrected chi connectivity index (χ3v) is 4.91. The Labute approximate surface area is 195 Å². The first-order valence-corrected chi connectivity index (χ1v) is 10.1. The third kappa shape index (κ3) is 6.44. The molecule has 1 saturated heterocycles. The van der Waals surface area contributed by atoms with Gasteiger partial charge in [0.25, 0.3) is 0 Å². The molecule has 9 heteroatoms. The standard InChI is InChI=1S/C21H32FN5O2.HI/c1-21(2,3)29-20(28)26-8-9-27-17(14-26)12-24-19(27)23-11-15-6-7-18(22)16(10-15)13-25(4)5;/h6-7,10,17H,8-9,11-14H2,1-5H3,(H,23,24);1H. The quantitative estimate of drug-likeness (QED) is 0.604. The van der Waals surface area contributed by atoms with Gasteiger partial charge in [-0.2, -0.15) is 0 Å². The van der Waals surface area contributed by atoms with Crippen LogP contribution in [0.1, 0.15) is 31.9 Å². The van der Waals surface area contributed by atoms with E-state index >= 15 is 0 Å². The highest BCUT2D eigenvalue weighted by atomic mass is 127. The summed E-state index contributed by atoms with van der Waals surface area (Å²) in [6, 6.07) is 5.38. The van der Waals surface area contributed by atoms with E-state index in [1.807, 2.05) is 45.8 Å². The van der Waals surface area contributed by atoms with E-state index < -0.39 is 5.60 Å². The predicted molar refractivity (Wildman–Crippen MR) is 127 cm³/mol. The van der Waals surface area contributed by atoms with Gasteiger partial charge in [0.2, 0.25) is 0 Å². The van der Waals surface area contributed by atoms with Crippen LogP contribution >= 0.6 is 24.0 Å². The second-order valence-corrected chi connectivity index (χ2v) is 8.95. The normalized spacial score (nSPS) is 18.6. The zero-order chi connectivity index (χ0) is 21.2. The molecule has 1 fully saturated rings. The van der Waals surface area contributed by atoms with Crippen LogP contribution in [0.4, 0.5) is 9.18 Å². The van der Waals surface area contributed by atoms with Crippen molar-refractivity contribution in [3.63, 3.8) is 0 Å². The minimum absolute atomic E-state index is 0. The van der Waals surface area contributed by atoms with E-state index in [0.717, 1.165) is 11.5 Å². The molecule has 2 aliphatic heterocycles. The van der Waals surface area contributed by atoms with E-state index in [1.165, 1.54) is 6.07 Å². The molecule has 0 radical (unpaired) electrons. The minimum Gasteiger partial charge on any atom is -0.444 e. The highest BCUT2D eigenvalue weighted by Crippen LogP contribution is 2.19. The van der Waals surface area contributed by atoms with Crippen molar-refractivity contribution in [2.24, 2.45) is 4.99 Å². The zero-order valence-corrected chi connectivity index (χ0v) is 20.8. The van der Waals surface area contributed by atoms with Gasteiger partial charge in [-0.1, -0.05) is 6.07 Å². The number of nitrogens with one attached hydrogen (secondary N) is 1. The van der Waals surface area contributed by atoms with E-state index in [2.05, 4.69) is 15.2 Å². The van der Waals surface area contributed by atoms with E-state index in [0.29, 0.717) is 44.8 Å². The van der Waals surface area contributed by atoms with Crippen molar-refractivity contribution in [1.29, 1.82) is 0 Å². The molecule has 1 aromatic carbocycles. The van der Waals surface area contributed by atoms with Crippen LogP contribution in [0, 0.1) is 5.82 Å². The first-order chi connectivity index (χ1) is 13.6. The topological polar surface area (TPSA) is 60.4 Å². The number of nitrogens with zero attached hydrogens (tertiary/aromatic N) is 4. The number of benzene rings is 1. The summed E-state index contributed by atoms with van der Waals surface area (Å²) in [6.45, 7) is 9.35. The first kappa shape index (κ1) is 24.6. The zero-order valence-electron chi connectivity index (χ0n) is 18.4. The Hall–Kier alpha value is -1.62. The van der Waals surface area contributed by atoms with Gasteiger partial charge in [-0.25, -0.2) is 9.18 Å². The Bertz CT molecular complexity index is 781. The molecule has 0 bridgehead atoms. The number of hydrogen-bond donors (Lipinski definition) is 1. The van der Waals surface area contributed by atoms with Crippen LogP contribution in [0.5, 0.6) is 0 Å². The molecule has 30 heavy (non-hydrogen) atoms. The molecule has 168 valence electrons. The lowest BCUT2D eigenvalue weighted by atomic mass is 10.1. The second-order valence-electron chi connectivity index (χ2n) is 8.95. The fourth-order valence-electron chi connectivity index (χ4n) is 3.60. The summed E-state index contributed by atoms with van der Waals surface area (Å²) >= 11 is 0. The fourth-order valence-corrected chi connectivity index (χ4v) is 3.60. The molecule has 1 amide bonds. The van der Waals surface area contributed by atoms with Crippen molar-refractivity contribution in [3.05, 3.63) is 35.1 Å². The van der Waals surface area contributed by atoms with Crippen LogP contribution in [0.15, 0.2) is 23.2 Å². The molecule has 1 aromatic rings. The fraction of sp³-hybridized carbons (Fsp3) is 0.619. The maximum absolute atomic E-state index is 14.0. The Morgan fingerprint density at radius 1 is 1.33 bits per heavy atom. The number of hydrogen-bond acceptors (Lipinski definition) is 6. The molecule has 0 spiro atoms. The predicted octanol–water partition coefficient (Wildman–Crippen LogP) is 2.89. The number of fused-ring (bicyclic) bond motifs is 1. The van der Waals surface area contributed by atoms with Crippen LogP contribution < -0.4 is 5.32 Å². The Morgan fingerprint density at radius 2 is 2.07 bits per heavy atom. The van der Waals surface area contributed by atoms with E-state index in [-0.39, 0.29) is 41.9 Å². The molecule has 7 nitrogen and oxygen atoms in total. The second kappa shape index (κ2) is 10.1. The molecule has 1 N–H and O–H groups in total. The lowest BCUT2D eigenvalue weighted by molar-refractivity contribution is 0.0137. The molecule has 0 aliphatic carbocycles. The number of aliphatic imine (C=N–C) groups is 1. The number of piperazine rings is 1. The SMILES string of the molecule is CN(C)Cc1cc(CNC2=NCC3CN(C(=O)OC(C)(C)C)CCN23)ccc1F.I. The molecular formula is C21H33FIN5O2. The van der Waals surface area contributed by atoms with Crippen molar-refractivity contribution in [2.45, 2.75) is 45.5 Å². The highest BCUT2D eigenvalue weighted by Gasteiger charge is 2.36. The Morgan fingerprint density at radius 3 is 2.73 bits per heavy atom. The lowest BCUT2D eigenvalue weighted by Gasteiger charge is -2.39. The molecule has 0 saturated carbocycles. The lowest BCUT2D eigenvalue weighted by Crippen LogP contribution is -2.57. The van der Waals surface area contributed by atoms with Gasteiger partial charge >= 0.3 is 6.09 Å². The van der Waals surface area contributed by atoms with Gasteiger partial charge in [-0.15, -0.1) is 24.0 Å².